The molecular weight excluding hydrogens is 342 g/mol. The highest BCUT2D eigenvalue weighted by atomic mass is 32.2. The van der Waals surface area contributed by atoms with E-state index in [1.165, 1.54) is 10.6 Å². The van der Waals surface area contributed by atoms with Gasteiger partial charge in [0, 0.05) is 38.0 Å². The highest BCUT2D eigenvalue weighted by molar-refractivity contribution is 7.88. The molecule has 0 radical (unpaired) electrons. The second kappa shape index (κ2) is 8.64. The third-order valence-electron chi connectivity index (χ3n) is 4.49. The predicted molar refractivity (Wildman–Crippen MR) is 98.3 cm³/mol. The van der Waals surface area contributed by atoms with Crippen molar-refractivity contribution in [2.24, 2.45) is 0 Å². The Kier molecular flexibility index (Phi) is 6.80. The number of amides is 2. The summed E-state index contributed by atoms with van der Waals surface area (Å²) in [4.78, 5) is 12.1. The van der Waals surface area contributed by atoms with E-state index in [1.807, 2.05) is 32.0 Å². The summed E-state index contributed by atoms with van der Waals surface area (Å²) in [6, 6.07) is 5.30. The molecule has 7 nitrogen and oxygen atoms in total. The lowest BCUT2D eigenvalue weighted by Gasteiger charge is -2.32. The first-order chi connectivity index (χ1) is 11.8. The van der Waals surface area contributed by atoms with Crippen molar-refractivity contribution >= 4 is 21.7 Å². The maximum atomic E-state index is 12.1. The first-order valence-electron chi connectivity index (χ1n) is 8.44. The number of carbonyl (C=O) groups excluding carboxylic acids is 1. The Bertz CT molecular complexity index is 700. The van der Waals surface area contributed by atoms with E-state index in [-0.39, 0.29) is 25.2 Å². The van der Waals surface area contributed by atoms with Crippen molar-refractivity contribution in [3.8, 4) is 0 Å². The van der Waals surface area contributed by atoms with Crippen LogP contribution in [0.2, 0.25) is 0 Å². The fourth-order valence-corrected chi connectivity index (χ4v) is 4.10. The van der Waals surface area contributed by atoms with Gasteiger partial charge in [0.2, 0.25) is 10.0 Å². The minimum atomic E-state index is -3.33. The lowest BCUT2D eigenvalue weighted by atomic mass is 10.1. The van der Waals surface area contributed by atoms with Crippen LogP contribution in [0, 0.1) is 13.8 Å². The van der Waals surface area contributed by atoms with Crippen molar-refractivity contribution in [3.05, 3.63) is 29.3 Å². The van der Waals surface area contributed by atoms with E-state index in [1.54, 1.807) is 0 Å². The van der Waals surface area contributed by atoms with Crippen molar-refractivity contribution in [3.63, 3.8) is 0 Å². The average molecular weight is 369 g/mol. The number of hydrogen-bond donors (Lipinski definition) is 2. The van der Waals surface area contributed by atoms with Gasteiger partial charge >= 0.3 is 6.03 Å². The number of nitrogens with zero attached hydrogens (tertiary/aromatic N) is 1. The van der Waals surface area contributed by atoms with Gasteiger partial charge in [-0.3, -0.25) is 0 Å². The normalized spacial score (nSPS) is 16.0. The van der Waals surface area contributed by atoms with Crippen molar-refractivity contribution in [2.45, 2.75) is 32.7 Å². The van der Waals surface area contributed by atoms with Gasteiger partial charge in [-0.1, -0.05) is 12.1 Å². The molecule has 0 unspecified atom stereocenters. The topological polar surface area (TPSA) is 87.7 Å². The average Bonchev–Trinajstić information content (AvgIpc) is 2.55. The largest absolute Gasteiger partial charge is 0.381 e. The number of sulfonamides is 1. The molecule has 1 aliphatic heterocycles. The number of hydrogen-bond acceptors (Lipinski definition) is 4. The minimum Gasteiger partial charge on any atom is -0.381 e. The molecule has 1 aliphatic rings. The molecule has 0 aromatic heterocycles. The molecule has 25 heavy (non-hydrogen) atoms. The molecule has 1 heterocycles. The molecule has 1 fully saturated rings. The third kappa shape index (κ3) is 5.69. The zero-order chi connectivity index (χ0) is 18.4. The highest BCUT2D eigenvalue weighted by Crippen LogP contribution is 2.18. The van der Waals surface area contributed by atoms with Crippen molar-refractivity contribution in [1.29, 1.82) is 0 Å². The van der Waals surface area contributed by atoms with E-state index in [0.29, 0.717) is 26.1 Å². The molecule has 2 rings (SSSR count). The number of anilines is 1. The van der Waals surface area contributed by atoms with Crippen LogP contribution in [0.15, 0.2) is 18.2 Å². The number of ether oxygens (including phenoxy) is 1. The molecule has 0 saturated carbocycles. The molecule has 0 aliphatic carbocycles. The number of aryl methyl sites for hydroxylation is 1. The Morgan fingerprint density at radius 2 is 1.96 bits per heavy atom. The summed E-state index contributed by atoms with van der Waals surface area (Å²) >= 11 is 0. The zero-order valence-corrected chi connectivity index (χ0v) is 15.9. The van der Waals surface area contributed by atoms with E-state index in [2.05, 4.69) is 10.6 Å². The van der Waals surface area contributed by atoms with Crippen LogP contribution in [0.25, 0.3) is 0 Å². The van der Waals surface area contributed by atoms with E-state index in [0.717, 1.165) is 16.8 Å². The van der Waals surface area contributed by atoms with E-state index in [4.69, 9.17) is 4.74 Å². The van der Waals surface area contributed by atoms with Crippen LogP contribution >= 0.6 is 0 Å². The Balaban J connectivity index is 1.88. The van der Waals surface area contributed by atoms with Gasteiger partial charge in [0.25, 0.3) is 0 Å². The smallest absolute Gasteiger partial charge is 0.319 e. The molecular formula is C17H27N3O4S. The van der Waals surface area contributed by atoms with Crippen LogP contribution in [0.3, 0.4) is 0 Å². The van der Waals surface area contributed by atoms with Crippen molar-refractivity contribution < 1.29 is 17.9 Å². The van der Waals surface area contributed by atoms with Crippen LogP contribution < -0.4 is 10.6 Å². The summed E-state index contributed by atoms with van der Waals surface area (Å²) < 4.78 is 30.8. The van der Waals surface area contributed by atoms with Crippen LogP contribution in [0.1, 0.15) is 24.0 Å². The Hall–Kier alpha value is -1.64. The molecule has 140 valence electrons. The Morgan fingerprint density at radius 3 is 2.60 bits per heavy atom. The summed E-state index contributed by atoms with van der Waals surface area (Å²) in [5.41, 5.74) is 2.86. The maximum absolute atomic E-state index is 12.1. The summed E-state index contributed by atoms with van der Waals surface area (Å²) in [5, 5.41) is 5.54. The lowest BCUT2D eigenvalue weighted by Crippen LogP contribution is -2.46. The molecule has 2 N–H and O–H groups in total. The van der Waals surface area contributed by atoms with Gasteiger partial charge in [-0.2, -0.15) is 4.31 Å². The standard InChI is InChI=1S/C17H27N3O4S/c1-13-5-4-6-16(14(13)2)19-17(21)18-9-10-20(25(3,22)23)15-7-11-24-12-8-15/h4-6,15H,7-12H2,1-3H3,(H2,18,19,21). The first kappa shape index (κ1) is 19.7. The quantitative estimate of drug-likeness (QED) is 0.801. The molecule has 1 aromatic carbocycles. The number of benzene rings is 1. The van der Waals surface area contributed by atoms with Crippen LogP contribution in [0.5, 0.6) is 0 Å². The van der Waals surface area contributed by atoms with Crippen molar-refractivity contribution in [2.75, 3.05) is 37.9 Å². The molecule has 2 amide bonds. The number of nitrogens with one attached hydrogen (secondary N) is 2. The number of rotatable bonds is 6. The second-order valence-electron chi connectivity index (χ2n) is 6.35. The van der Waals surface area contributed by atoms with Crippen molar-refractivity contribution in [1.82, 2.24) is 9.62 Å². The van der Waals surface area contributed by atoms with E-state index >= 15 is 0 Å². The summed E-state index contributed by atoms with van der Waals surface area (Å²) in [6.07, 6.45) is 2.57. The molecule has 0 spiro atoms. The van der Waals surface area contributed by atoms with Gasteiger partial charge < -0.3 is 15.4 Å². The fourth-order valence-electron chi connectivity index (χ4n) is 2.92. The minimum absolute atomic E-state index is 0.0624. The van der Waals surface area contributed by atoms with E-state index in [9.17, 15) is 13.2 Å². The Morgan fingerprint density at radius 1 is 1.28 bits per heavy atom. The first-order valence-corrected chi connectivity index (χ1v) is 10.3. The molecule has 8 heteroatoms. The highest BCUT2D eigenvalue weighted by Gasteiger charge is 2.28. The molecule has 0 bridgehead atoms. The molecule has 1 aromatic rings. The number of urea groups is 1. The lowest BCUT2D eigenvalue weighted by molar-refractivity contribution is 0.0589. The van der Waals surface area contributed by atoms with Gasteiger partial charge in [0.05, 0.1) is 6.26 Å². The van der Waals surface area contributed by atoms with Crippen LogP contribution in [-0.2, 0) is 14.8 Å². The third-order valence-corrected chi connectivity index (χ3v) is 5.83. The second-order valence-corrected chi connectivity index (χ2v) is 8.28. The zero-order valence-electron chi connectivity index (χ0n) is 15.0. The SMILES string of the molecule is Cc1cccc(NC(=O)NCCN(C2CCOCC2)S(C)(=O)=O)c1C. The number of carbonyl (C=O) groups is 1. The van der Waals surface area contributed by atoms with Gasteiger partial charge in [0.15, 0.2) is 0 Å². The summed E-state index contributed by atoms with van der Waals surface area (Å²) in [6.45, 7) is 5.57. The molecule has 0 atom stereocenters. The van der Waals surface area contributed by atoms with Gasteiger partial charge in [-0.05, 0) is 43.9 Å². The fraction of sp³-hybridized carbons (Fsp3) is 0.588. The van der Waals surface area contributed by atoms with Gasteiger partial charge in [0.1, 0.15) is 0 Å². The monoisotopic (exact) mass is 369 g/mol. The Labute approximate surface area is 149 Å². The van der Waals surface area contributed by atoms with Crippen LogP contribution in [0.4, 0.5) is 10.5 Å². The van der Waals surface area contributed by atoms with Crippen LogP contribution in [-0.4, -0.2) is 57.4 Å². The summed E-state index contributed by atoms with van der Waals surface area (Å²) in [7, 11) is -3.33. The summed E-state index contributed by atoms with van der Waals surface area (Å²) in [5.74, 6) is 0. The van der Waals surface area contributed by atoms with Gasteiger partial charge in [-0.15, -0.1) is 0 Å². The van der Waals surface area contributed by atoms with E-state index < -0.39 is 10.0 Å². The predicted octanol–water partition coefficient (Wildman–Crippen LogP) is 1.87. The maximum Gasteiger partial charge on any atom is 0.319 e. The molecule has 1 saturated heterocycles. The van der Waals surface area contributed by atoms with Gasteiger partial charge in [-0.25, -0.2) is 13.2 Å².